The van der Waals surface area contributed by atoms with Crippen molar-refractivity contribution in [1.29, 1.82) is 0 Å². The van der Waals surface area contributed by atoms with E-state index >= 15 is 0 Å². The number of piperidine rings is 2. The van der Waals surface area contributed by atoms with Crippen LogP contribution in [-0.2, 0) is 34.1 Å². The zero-order valence-corrected chi connectivity index (χ0v) is 29.6. The summed E-state index contributed by atoms with van der Waals surface area (Å²) in [4.78, 5) is 75.1. The Kier molecular flexibility index (Phi) is 12.7. The molecule has 12 heteroatoms. The van der Waals surface area contributed by atoms with Gasteiger partial charge in [-0.1, -0.05) is 63.6 Å². The number of ether oxygens (including phenoxy) is 2. The number of hydrogen-bond acceptors (Lipinski definition) is 8. The van der Waals surface area contributed by atoms with Crippen molar-refractivity contribution in [2.45, 2.75) is 104 Å². The third-order valence-corrected chi connectivity index (χ3v) is 8.14. The van der Waals surface area contributed by atoms with Gasteiger partial charge >= 0.3 is 12.2 Å². The Morgan fingerprint density at radius 2 is 1.17 bits per heavy atom. The lowest BCUT2D eigenvalue weighted by Crippen LogP contribution is -2.55. The van der Waals surface area contributed by atoms with E-state index in [1.165, 1.54) is 0 Å². The van der Waals surface area contributed by atoms with Gasteiger partial charge in [-0.2, -0.15) is 9.80 Å². The molecular formula is C34H42Br2N2O8. The summed E-state index contributed by atoms with van der Waals surface area (Å²) < 4.78 is 12.2. The molecule has 2 aliphatic rings. The van der Waals surface area contributed by atoms with Crippen LogP contribution in [0.5, 0.6) is 0 Å². The van der Waals surface area contributed by atoms with Gasteiger partial charge in [0.25, 0.3) is 0 Å². The molecule has 2 aromatic carbocycles. The molecule has 0 aliphatic carbocycles. The van der Waals surface area contributed by atoms with Crippen LogP contribution in [0.1, 0.15) is 98.6 Å². The molecule has 2 aliphatic heterocycles. The summed E-state index contributed by atoms with van der Waals surface area (Å²) in [5.41, 5.74) is -0.905. The summed E-state index contributed by atoms with van der Waals surface area (Å²) in [5.74, 6) is -2.58. The number of benzene rings is 2. The lowest BCUT2D eigenvalue weighted by Gasteiger charge is -2.37. The van der Waals surface area contributed by atoms with E-state index < -0.39 is 58.4 Å². The Labute approximate surface area is 287 Å². The van der Waals surface area contributed by atoms with Crippen molar-refractivity contribution in [3.05, 3.63) is 68.6 Å². The van der Waals surface area contributed by atoms with Crippen LogP contribution in [0.4, 0.5) is 9.59 Å². The summed E-state index contributed by atoms with van der Waals surface area (Å²) in [5, 5.41) is 0. The standard InChI is InChI=1S/C17H20BrNO4.C16H18BrNO4.CH4/c1-16(2,3)23-15(22)19-13(20)9-10-17(4,14(19)21)11-5-7-12(18)8-6-11;1-16(2,3)22-15(21)18-13(19)9-8-12(14(18)20)10-4-6-11(17)7-5-10;/h5-8H,9-10H2,1-4H3;4-7,12H,8-9H2,1-3H3;1H4. The van der Waals surface area contributed by atoms with Gasteiger partial charge in [-0.3, -0.25) is 19.2 Å². The zero-order valence-electron chi connectivity index (χ0n) is 26.4. The molecule has 0 aromatic heterocycles. The maximum Gasteiger partial charge on any atom is 0.424 e. The van der Waals surface area contributed by atoms with Crippen molar-refractivity contribution in [3.63, 3.8) is 0 Å². The van der Waals surface area contributed by atoms with Crippen molar-refractivity contribution in [2.24, 2.45) is 0 Å². The highest BCUT2D eigenvalue weighted by molar-refractivity contribution is 9.10. The van der Waals surface area contributed by atoms with Crippen LogP contribution in [0.25, 0.3) is 0 Å². The molecule has 0 radical (unpaired) electrons. The SMILES string of the molecule is C.CC(C)(C)OC(=O)N1C(=O)CCC(C)(c2ccc(Br)cc2)C1=O.CC(C)(C)OC(=O)N1C(=O)CCC(c2ccc(Br)cc2)C1=O. The molecule has 0 spiro atoms. The van der Waals surface area contributed by atoms with Gasteiger partial charge in [0.2, 0.25) is 23.6 Å². The average Bonchev–Trinajstić information content (AvgIpc) is 2.91. The summed E-state index contributed by atoms with van der Waals surface area (Å²) >= 11 is 6.69. The average molecular weight is 767 g/mol. The van der Waals surface area contributed by atoms with Gasteiger partial charge < -0.3 is 9.47 Å². The van der Waals surface area contributed by atoms with Crippen molar-refractivity contribution in [2.75, 3.05) is 0 Å². The Morgan fingerprint density at radius 1 is 0.739 bits per heavy atom. The smallest absolute Gasteiger partial charge is 0.424 e. The second kappa shape index (κ2) is 15.0. The highest BCUT2D eigenvalue weighted by Crippen LogP contribution is 2.36. The maximum atomic E-state index is 12.9. The Bertz CT molecular complexity index is 1480. The first-order valence-electron chi connectivity index (χ1n) is 14.4. The molecular weight excluding hydrogens is 724 g/mol. The summed E-state index contributed by atoms with van der Waals surface area (Å²) in [6, 6.07) is 14.6. The van der Waals surface area contributed by atoms with E-state index in [0.717, 1.165) is 20.1 Å². The van der Waals surface area contributed by atoms with E-state index in [1.54, 1.807) is 48.5 Å². The predicted molar refractivity (Wildman–Crippen MR) is 180 cm³/mol. The third-order valence-electron chi connectivity index (χ3n) is 7.08. The lowest BCUT2D eigenvalue weighted by atomic mass is 9.75. The van der Waals surface area contributed by atoms with Crippen LogP contribution in [0.2, 0.25) is 0 Å². The van der Waals surface area contributed by atoms with Crippen molar-refractivity contribution < 1.29 is 38.2 Å². The maximum absolute atomic E-state index is 12.9. The number of hydrogen-bond donors (Lipinski definition) is 0. The number of nitrogens with zero attached hydrogens (tertiary/aromatic N) is 2. The Hall–Kier alpha value is -3.38. The number of carbonyl (C=O) groups is 6. The monoisotopic (exact) mass is 764 g/mol. The molecule has 0 saturated carbocycles. The highest BCUT2D eigenvalue weighted by Gasteiger charge is 2.48. The van der Waals surface area contributed by atoms with E-state index in [-0.39, 0.29) is 20.3 Å². The summed E-state index contributed by atoms with van der Waals surface area (Å²) in [7, 11) is 0. The molecule has 2 aromatic rings. The number of halogens is 2. The number of carbonyl (C=O) groups excluding carboxylic acids is 6. The van der Waals surface area contributed by atoms with E-state index in [2.05, 4.69) is 31.9 Å². The lowest BCUT2D eigenvalue weighted by molar-refractivity contribution is -0.152. The minimum absolute atomic E-state index is 0. The summed E-state index contributed by atoms with van der Waals surface area (Å²) in [6.07, 6.45) is -0.771. The van der Waals surface area contributed by atoms with E-state index in [4.69, 9.17) is 9.47 Å². The minimum atomic E-state index is -0.925. The minimum Gasteiger partial charge on any atom is -0.443 e. The second-order valence-corrected chi connectivity index (χ2v) is 14.9. The van der Waals surface area contributed by atoms with Gasteiger partial charge in [-0.15, -0.1) is 0 Å². The first-order chi connectivity index (χ1) is 20.7. The topological polar surface area (TPSA) is 127 Å². The molecule has 250 valence electrons. The quantitative estimate of drug-likeness (QED) is 0.281. The van der Waals surface area contributed by atoms with Gasteiger partial charge in [-0.25, -0.2) is 9.59 Å². The molecule has 2 saturated heterocycles. The van der Waals surface area contributed by atoms with Crippen LogP contribution < -0.4 is 0 Å². The normalized spacial score (nSPS) is 20.3. The Morgan fingerprint density at radius 3 is 1.65 bits per heavy atom. The fraction of sp³-hybridized carbons (Fsp3) is 0.471. The third kappa shape index (κ3) is 9.57. The predicted octanol–water partition coefficient (Wildman–Crippen LogP) is 8.04. The molecule has 4 rings (SSSR count). The van der Waals surface area contributed by atoms with Crippen LogP contribution in [0, 0.1) is 0 Å². The largest absolute Gasteiger partial charge is 0.443 e. The van der Waals surface area contributed by atoms with Crippen molar-refractivity contribution >= 4 is 67.7 Å². The van der Waals surface area contributed by atoms with Gasteiger partial charge in [0.05, 0.1) is 11.3 Å². The fourth-order valence-corrected chi connectivity index (χ4v) is 5.33. The zero-order chi connectivity index (χ0) is 33.9. The van der Waals surface area contributed by atoms with Crippen molar-refractivity contribution in [1.82, 2.24) is 9.80 Å². The van der Waals surface area contributed by atoms with Gasteiger partial charge in [-0.05, 0) is 96.7 Å². The number of rotatable bonds is 2. The molecule has 46 heavy (non-hydrogen) atoms. The van der Waals surface area contributed by atoms with Crippen LogP contribution in [0.3, 0.4) is 0 Å². The second-order valence-electron chi connectivity index (χ2n) is 13.0. The summed E-state index contributed by atoms with van der Waals surface area (Å²) in [6.45, 7) is 11.9. The van der Waals surface area contributed by atoms with E-state index in [9.17, 15) is 28.8 Å². The van der Waals surface area contributed by atoms with Crippen molar-refractivity contribution in [3.8, 4) is 0 Å². The van der Waals surface area contributed by atoms with Crippen LogP contribution >= 0.6 is 31.9 Å². The molecule has 6 amide bonds. The number of amides is 6. The molecule has 0 N–H and O–H groups in total. The molecule has 2 heterocycles. The van der Waals surface area contributed by atoms with E-state index in [0.29, 0.717) is 22.6 Å². The molecule has 2 fully saturated rings. The highest BCUT2D eigenvalue weighted by atomic mass is 79.9. The number of likely N-dealkylation sites (tertiary alicyclic amines) is 2. The molecule has 10 nitrogen and oxygen atoms in total. The molecule has 2 unspecified atom stereocenters. The van der Waals surface area contributed by atoms with E-state index in [1.807, 2.05) is 48.5 Å². The fourth-order valence-electron chi connectivity index (χ4n) is 4.80. The number of imide groups is 6. The first kappa shape index (κ1) is 38.8. The molecule has 2 atom stereocenters. The van der Waals surface area contributed by atoms with Gasteiger partial charge in [0, 0.05) is 21.8 Å². The molecule has 0 bridgehead atoms. The van der Waals surface area contributed by atoms with Gasteiger partial charge in [0.1, 0.15) is 11.2 Å². The van der Waals surface area contributed by atoms with Crippen LogP contribution in [0.15, 0.2) is 57.5 Å². The van der Waals surface area contributed by atoms with Crippen LogP contribution in [-0.4, -0.2) is 56.8 Å². The first-order valence-corrected chi connectivity index (χ1v) is 16.0. The Balaban J connectivity index is 0.000000314. The van der Waals surface area contributed by atoms with Gasteiger partial charge in [0.15, 0.2) is 0 Å².